The molecule has 0 unspecified atom stereocenters. The van der Waals surface area contributed by atoms with Crippen molar-refractivity contribution in [1.82, 2.24) is 4.90 Å². The first-order chi connectivity index (χ1) is 9.79. The minimum Gasteiger partial charge on any atom is -0.332 e. The predicted molar refractivity (Wildman–Crippen MR) is 78.1 cm³/mol. The zero-order valence-electron chi connectivity index (χ0n) is 11.2. The normalized spacial score (nSPS) is 16.6. The van der Waals surface area contributed by atoms with E-state index in [4.69, 9.17) is 0 Å². The minimum absolute atomic E-state index is 0.0681. The Morgan fingerprint density at radius 3 is 2.70 bits per heavy atom. The van der Waals surface area contributed by atoms with E-state index in [1.165, 1.54) is 0 Å². The second-order valence-corrected chi connectivity index (χ2v) is 5.17. The summed E-state index contributed by atoms with van der Waals surface area (Å²) in [4.78, 5) is 24.7. The number of benzene rings is 2. The van der Waals surface area contributed by atoms with Crippen molar-refractivity contribution < 1.29 is 9.59 Å². The van der Waals surface area contributed by atoms with Gasteiger partial charge in [-0.2, -0.15) is 0 Å². The van der Waals surface area contributed by atoms with E-state index >= 15 is 0 Å². The molecule has 1 aliphatic rings. The smallest absolute Gasteiger partial charge is 0.223 e. The van der Waals surface area contributed by atoms with Crippen molar-refractivity contribution in [2.75, 3.05) is 6.54 Å². The second-order valence-electron chi connectivity index (χ2n) is 5.17. The van der Waals surface area contributed by atoms with Gasteiger partial charge in [0, 0.05) is 19.4 Å². The molecule has 1 fully saturated rings. The largest absolute Gasteiger partial charge is 0.332 e. The number of nitrogens with zero attached hydrogens (tertiary/aromatic N) is 1. The summed E-state index contributed by atoms with van der Waals surface area (Å²) >= 11 is 0. The van der Waals surface area contributed by atoms with Gasteiger partial charge < -0.3 is 4.90 Å². The molecule has 1 saturated heterocycles. The van der Waals surface area contributed by atoms with Crippen LogP contribution in [0.1, 0.15) is 18.4 Å². The maximum Gasteiger partial charge on any atom is 0.223 e. The lowest BCUT2D eigenvalue weighted by atomic mass is 9.99. The van der Waals surface area contributed by atoms with Gasteiger partial charge in [0.05, 0.1) is 0 Å². The van der Waals surface area contributed by atoms with Crippen molar-refractivity contribution in [2.45, 2.75) is 25.3 Å². The molecule has 3 nitrogen and oxygen atoms in total. The molecule has 0 aromatic heterocycles. The summed E-state index contributed by atoms with van der Waals surface area (Å²) in [5.74, 6) is 0.0681. The van der Waals surface area contributed by atoms with Crippen LogP contribution in [0.2, 0.25) is 0 Å². The van der Waals surface area contributed by atoms with Crippen molar-refractivity contribution >= 4 is 23.0 Å². The van der Waals surface area contributed by atoms with Gasteiger partial charge >= 0.3 is 0 Å². The topological polar surface area (TPSA) is 37.4 Å². The van der Waals surface area contributed by atoms with E-state index in [0.717, 1.165) is 22.8 Å². The summed E-state index contributed by atoms with van der Waals surface area (Å²) < 4.78 is 0. The van der Waals surface area contributed by atoms with E-state index in [2.05, 4.69) is 18.2 Å². The molecule has 0 spiro atoms. The summed E-state index contributed by atoms with van der Waals surface area (Å²) in [5.41, 5.74) is 1.09. The van der Waals surface area contributed by atoms with E-state index < -0.39 is 6.04 Å². The zero-order valence-corrected chi connectivity index (χ0v) is 11.2. The predicted octanol–water partition coefficient (Wildman–Crippen LogP) is 2.48. The van der Waals surface area contributed by atoms with Crippen molar-refractivity contribution in [3.8, 4) is 0 Å². The number of hydrogen-bond donors (Lipinski definition) is 0. The number of carbonyl (C=O) groups is 1. The molecule has 3 rings (SSSR count). The van der Waals surface area contributed by atoms with E-state index in [1.54, 1.807) is 4.90 Å². The molecule has 1 atom stereocenters. The van der Waals surface area contributed by atoms with Gasteiger partial charge in [-0.05, 0) is 22.8 Å². The number of hydrogen-bond acceptors (Lipinski definition) is 2. The molecule has 101 valence electrons. The average Bonchev–Trinajstić information content (AvgIpc) is 2.91. The molecule has 2 aromatic rings. The van der Waals surface area contributed by atoms with Crippen LogP contribution < -0.4 is 0 Å². The monoisotopic (exact) mass is 266 g/mol. The Balaban J connectivity index is 1.91. The highest BCUT2D eigenvalue weighted by Crippen LogP contribution is 2.22. The van der Waals surface area contributed by atoms with Crippen LogP contribution in [0, 0.1) is 0 Å². The number of amides is 1. The van der Waals surface area contributed by atoms with Crippen LogP contribution in [0.15, 0.2) is 42.5 Å². The lowest BCUT2D eigenvalue weighted by Crippen LogP contribution is -2.38. The molecule has 1 amide bonds. The SMILES string of the molecule is O=[C][C@@H](Cc1cccc2ccccc12)N1CCCC1=O. The zero-order chi connectivity index (χ0) is 13.9. The van der Waals surface area contributed by atoms with Gasteiger partial charge in [-0.3, -0.25) is 9.59 Å². The van der Waals surface area contributed by atoms with Crippen LogP contribution in [0.5, 0.6) is 0 Å². The first kappa shape index (κ1) is 12.9. The van der Waals surface area contributed by atoms with Gasteiger partial charge in [0.15, 0.2) is 0 Å². The lowest BCUT2D eigenvalue weighted by Gasteiger charge is -2.22. The Labute approximate surface area is 118 Å². The highest BCUT2D eigenvalue weighted by molar-refractivity contribution is 5.87. The highest BCUT2D eigenvalue weighted by atomic mass is 16.2. The fourth-order valence-electron chi connectivity index (χ4n) is 2.89. The third-order valence-electron chi connectivity index (χ3n) is 3.92. The fourth-order valence-corrected chi connectivity index (χ4v) is 2.89. The summed E-state index contributed by atoms with van der Waals surface area (Å²) in [5, 5.41) is 2.30. The van der Waals surface area contributed by atoms with Gasteiger partial charge in [-0.1, -0.05) is 42.5 Å². The average molecular weight is 266 g/mol. The Kier molecular flexibility index (Phi) is 3.50. The van der Waals surface area contributed by atoms with E-state index in [0.29, 0.717) is 19.4 Å². The third kappa shape index (κ3) is 2.31. The molecule has 0 N–H and O–H groups in total. The van der Waals surface area contributed by atoms with Gasteiger partial charge in [-0.15, -0.1) is 0 Å². The maximum atomic E-state index is 11.8. The highest BCUT2D eigenvalue weighted by Gasteiger charge is 2.28. The molecular weight excluding hydrogens is 250 g/mol. The van der Waals surface area contributed by atoms with Crippen molar-refractivity contribution in [2.24, 2.45) is 0 Å². The summed E-state index contributed by atoms with van der Waals surface area (Å²) in [6, 6.07) is 13.7. The molecule has 1 aliphatic heterocycles. The van der Waals surface area contributed by atoms with E-state index in [1.807, 2.05) is 30.6 Å². The summed E-state index contributed by atoms with van der Waals surface area (Å²) in [6.07, 6.45) is 3.97. The Morgan fingerprint density at radius 2 is 1.95 bits per heavy atom. The minimum atomic E-state index is -0.462. The molecule has 1 heterocycles. The first-order valence-corrected chi connectivity index (χ1v) is 6.93. The number of rotatable bonds is 4. The Bertz CT molecular complexity index is 645. The molecule has 1 radical (unpaired) electrons. The summed E-state index contributed by atoms with van der Waals surface area (Å²) in [6.45, 7) is 0.670. The quantitative estimate of drug-likeness (QED) is 0.852. The molecule has 0 saturated carbocycles. The molecule has 20 heavy (non-hydrogen) atoms. The summed E-state index contributed by atoms with van der Waals surface area (Å²) in [7, 11) is 0. The maximum absolute atomic E-state index is 11.8. The van der Waals surface area contributed by atoms with Crippen molar-refractivity contribution in [3.63, 3.8) is 0 Å². The molecular formula is C17H16NO2. The van der Waals surface area contributed by atoms with Crippen LogP contribution >= 0.6 is 0 Å². The van der Waals surface area contributed by atoms with Crippen molar-refractivity contribution in [3.05, 3.63) is 48.0 Å². The van der Waals surface area contributed by atoms with Gasteiger partial charge in [0.25, 0.3) is 0 Å². The molecule has 0 bridgehead atoms. The standard InChI is InChI=1S/C17H16NO2/c19-12-15(18-10-4-9-17(18)20)11-14-7-3-6-13-5-1-2-8-16(13)14/h1-3,5-8,15H,4,9-11H2/t15-/m1/s1. The van der Waals surface area contributed by atoms with E-state index in [9.17, 15) is 9.59 Å². The van der Waals surface area contributed by atoms with Crippen LogP contribution in [0.4, 0.5) is 0 Å². The molecule has 2 aromatic carbocycles. The fraction of sp³-hybridized carbons (Fsp3) is 0.294. The second kappa shape index (κ2) is 5.45. The third-order valence-corrected chi connectivity index (χ3v) is 3.92. The first-order valence-electron chi connectivity index (χ1n) is 6.93. The van der Waals surface area contributed by atoms with Gasteiger partial charge in [0.2, 0.25) is 12.2 Å². The van der Waals surface area contributed by atoms with E-state index in [-0.39, 0.29) is 5.91 Å². The van der Waals surface area contributed by atoms with Gasteiger partial charge in [-0.25, -0.2) is 0 Å². The van der Waals surface area contributed by atoms with Crippen molar-refractivity contribution in [1.29, 1.82) is 0 Å². The van der Waals surface area contributed by atoms with Crippen LogP contribution in [0.25, 0.3) is 10.8 Å². The molecule has 3 heteroatoms. The number of likely N-dealkylation sites (tertiary alicyclic amines) is 1. The van der Waals surface area contributed by atoms with Crippen LogP contribution in [-0.2, 0) is 16.0 Å². The Morgan fingerprint density at radius 1 is 1.15 bits per heavy atom. The van der Waals surface area contributed by atoms with Gasteiger partial charge in [0.1, 0.15) is 6.04 Å². The van der Waals surface area contributed by atoms with Crippen LogP contribution in [-0.4, -0.2) is 29.7 Å². The lowest BCUT2D eigenvalue weighted by molar-refractivity contribution is -0.128. The number of carbonyl (C=O) groups excluding carboxylic acids is 2. The number of fused-ring (bicyclic) bond motifs is 1. The van der Waals surface area contributed by atoms with Crippen LogP contribution in [0.3, 0.4) is 0 Å². The Hall–Kier alpha value is -2.16. The molecule has 0 aliphatic carbocycles.